The Balaban J connectivity index is 0. The highest BCUT2D eigenvalue weighted by Gasteiger charge is 2.12. The molecule has 0 amide bonds. The molecule has 0 aromatic carbocycles. The van der Waals surface area contributed by atoms with Gasteiger partial charge >= 0.3 is 11.9 Å². The highest BCUT2D eigenvalue weighted by molar-refractivity contribution is 5.72. The van der Waals surface area contributed by atoms with Crippen LogP contribution in [-0.4, -0.2) is 34.2 Å². The minimum absolute atomic E-state index is 0.0815. The van der Waals surface area contributed by atoms with Crippen LogP contribution in [0.1, 0.15) is 47.0 Å². The fourth-order valence-electron chi connectivity index (χ4n) is 1.52. The van der Waals surface area contributed by atoms with Gasteiger partial charge in [-0.05, 0) is 24.7 Å². The van der Waals surface area contributed by atoms with E-state index in [0.29, 0.717) is 18.3 Å². The molecule has 0 aromatic heterocycles. The molecule has 6 N–H and O–H groups in total. The van der Waals surface area contributed by atoms with E-state index in [1.807, 2.05) is 27.7 Å². The first-order chi connectivity index (χ1) is 8.56. The zero-order chi connectivity index (χ0) is 15.6. The summed E-state index contributed by atoms with van der Waals surface area (Å²) in [6.07, 6.45) is 1.42. The first-order valence-electron chi connectivity index (χ1n) is 6.51. The molecule has 19 heavy (non-hydrogen) atoms. The van der Waals surface area contributed by atoms with E-state index in [1.165, 1.54) is 0 Å². The zero-order valence-electron chi connectivity index (χ0n) is 12.3. The van der Waals surface area contributed by atoms with Crippen LogP contribution in [0.2, 0.25) is 0 Å². The molecule has 0 rings (SSSR count). The Hall–Kier alpha value is -1.14. The number of hydrogen-bond donors (Lipinski definition) is 4. The Kier molecular flexibility index (Phi) is 11.4. The summed E-state index contributed by atoms with van der Waals surface area (Å²) in [5, 5.41) is 16.6. The summed E-state index contributed by atoms with van der Waals surface area (Å²) in [5.74, 6) is -0.887. The zero-order valence-corrected chi connectivity index (χ0v) is 12.3. The molecule has 6 heteroatoms. The fourth-order valence-corrected chi connectivity index (χ4v) is 1.52. The van der Waals surface area contributed by atoms with Gasteiger partial charge in [-0.2, -0.15) is 0 Å². The van der Waals surface area contributed by atoms with Crippen molar-refractivity contribution in [2.24, 2.45) is 23.3 Å². The van der Waals surface area contributed by atoms with Crippen molar-refractivity contribution < 1.29 is 19.8 Å². The lowest BCUT2D eigenvalue weighted by Crippen LogP contribution is -2.31. The second kappa shape index (κ2) is 10.8. The molecule has 0 aliphatic heterocycles. The van der Waals surface area contributed by atoms with Crippen LogP contribution in [0.15, 0.2) is 0 Å². The van der Waals surface area contributed by atoms with E-state index in [2.05, 4.69) is 0 Å². The van der Waals surface area contributed by atoms with Crippen molar-refractivity contribution in [1.29, 1.82) is 0 Å². The Bertz CT molecular complexity index is 267. The van der Waals surface area contributed by atoms with Crippen molar-refractivity contribution in [2.45, 2.75) is 59.0 Å². The molecular formula is C13H28N2O4. The second-order valence-corrected chi connectivity index (χ2v) is 5.56. The number of rotatable bonds is 7. The predicted molar refractivity (Wildman–Crippen MR) is 74.7 cm³/mol. The molecule has 0 unspecified atom stereocenters. The molecule has 0 heterocycles. The maximum Gasteiger partial charge on any atom is 0.320 e. The summed E-state index contributed by atoms with van der Waals surface area (Å²) in [4.78, 5) is 20.2. The molecule has 6 nitrogen and oxygen atoms in total. The molecule has 0 saturated heterocycles. The molecule has 114 valence electrons. The molecule has 0 saturated carbocycles. The van der Waals surface area contributed by atoms with Crippen LogP contribution in [0.4, 0.5) is 0 Å². The van der Waals surface area contributed by atoms with E-state index in [4.69, 9.17) is 21.7 Å². The Morgan fingerprint density at radius 3 is 1.58 bits per heavy atom. The number of nitrogens with two attached hydrogens (primary N) is 2. The third-order valence-corrected chi connectivity index (χ3v) is 2.25. The van der Waals surface area contributed by atoms with Gasteiger partial charge in [-0.1, -0.05) is 27.7 Å². The minimum Gasteiger partial charge on any atom is -0.481 e. The molecule has 0 radical (unpaired) electrons. The highest BCUT2D eigenvalue weighted by Crippen LogP contribution is 2.04. The van der Waals surface area contributed by atoms with Gasteiger partial charge in [-0.15, -0.1) is 0 Å². The van der Waals surface area contributed by atoms with Crippen LogP contribution in [0.25, 0.3) is 0 Å². The normalized spacial score (nSPS) is 13.7. The van der Waals surface area contributed by atoms with E-state index < -0.39 is 18.0 Å². The number of carbonyl (C=O) groups is 2. The van der Waals surface area contributed by atoms with Crippen molar-refractivity contribution >= 4 is 11.9 Å². The van der Waals surface area contributed by atoms with E-state index in [-0.39, 0.29) is 12.5 Å². The highest BCUT2D eigenvalue weighted by atomic mass is 16.4. The Morgan fingerprint density at radius 1 is 0.947 bits per heavy atom. The van der Waals surface area contributed by atoms with Gasteiger partial charge < -0.3 is 21.7 Å². The summed E-state index contributed by atoms with van der Waals surface area (Å²) in [6.45, 7) is 7.95. The first kappa shape index (κ1) is 20.2. The summed E-state index contributed by atoms with van der Waals surface area (Å²) in [5.41, 5.74) is 10.7. The van der Waals surface area contributed by atoms with Crippen LogP contribution in [0, 0.1) is 11.8 Å². The monoisotopic (exact) mass is 276 g/mol. The van der Waals surface area contributed by atoms with Crippen LogP contribution in [-0.2, 0) is 9.59 Å². The van der Waals surface area contributed by atoms with Crippen molar-refractivity contribution in [1.82, 2.24) is 0 Å². The largest absolute Gasteiger partial charge is 0.481 e. The SMILES string of the molecule is CC(C)C[C@@H](N)CC(=O)O.CC(C)C[C@H](N)C(=O)O. The van der Waals surface area contributed by atoms with Crippen LogP contribution >= 0.6 is 0 Å². The minimum atomic E-state index is -0.913. The lowest BCUT2D eigenvalue weighted by Gasteiger charge is -2.10. The van der Waals surface area contributed by atoms with Crippen molar-refractivity contribution in [3.63, 3.8) is 0 Å². The standard InChI is InChI=1S/C7H15NO2.C6H13NO2/c1-5(2)3-6(8)4-7(9)10;1-4(2)3-5(7)6(8)9/h5-6H,3-4,8H2,1-2H3,(H,9,10);4-5H,3,7H2,1-2H3,(H,8,9)/t6-;5-/m10/s1. The maximum absolute atomic E-state index is 10.1. The number of aliphatic carboxylic acids is 2. The lowest BCUT2D eigenvalue weighted by molar-refractivity contribution is -0.139. The molecule has 0 bridgehead atoms. The summed E-state index contributed by atoms with van der Waals surface area (Å²) < 4.78 is 0. The lowest BCUT2D eigenvalue weighted by atomic mass is 10.0. The van der Waals surface area contributed by atoms with E-state index in [0.717, 1.165) is 6.42 Å². The predicted octanol–water partition coefficient (Wildman–Crippen LogP) is 1.28. The van der Waals surface area contributed by atoms with Crippen LogP contribution < -0.4 is 11.5 Å². The van der Waals surface area contributed by atoms with Crippen LogP contribution in [0.5, 0.6) is 0 Å². The van der Waals surface area contributed by atoms with Gasteiger partial charge in [0.25, 0.3) is 0 Å². The smallest absolute Gasteiger partial charge is 0.320 e. The van der Waals surface area contributed by atoms with Crippen molar-refractivity contribution in [3.05, 3.63) is 0 Å². The molecule has 0 aliphatic rings. The molecule has 0 fully saturated rings. The average molecular weight is 276 g/mol. The third kappa shape index (κ3) is 16.9. The van der Waals surface area contributed by atoms with Gasteiger partial charge in [0.1, 0.15) is 6.04 Å². The van der Waals surface area contributed by atoms with Gasteiger partial charge in [0.15, 0.2) is 0 Å². The molecule has 0 aliphatic carbocycles. The van der Waals surface area contributed by atoms with Gasteiger partial charge in [0.2, 0.25) is 0 Å². The van der Waals surface area contributed by atoms with Gasteiger partial charge in [-0.25, -0.2) is 0 Å². The summed E-state index contributed by atoms with van der Waals surface area (Å²) in [7, 11) is 0. The van der Waals surface area contributed by atoms with Crippen LogP contribution in [0.3, 0.4) is 0 Å². The topological polar surface area (TPSA) is 127 Å². The Morgan fingerprint density at radius 2 is 1.37 bits per heavy atom. The number of hydrogen-bond acceptors (Lipinski definition) is 4. The quantitative estimate of drug-likeness (QED) is 0.554. The number of carboxylic acids is 2. The molecule has 2 atom stereocenters. The molecule has 0 aromatic rings. The van der Waals surface area contributed by atoms with Gasteiger partial charge in [-0.3, -0.25) is 9.59 Å². The summed E-state index contributed by atoms with van der Waals surface area (Å²) >= 11 is 0. The first-order valence-corrected chi connectivity index (χ1v) is 6.51. The molecule has 0 spiro atoms. The van der Waals surface area contributed by atoms with E-state index in [1.54, 1.807) is 0 Å². The van der Waals surface area contributed by atoms with Crippen molar-refractivity contribution in [3.8, 4) is 0 Å². The molecular weight excluding hydrogens is 248 g/mol. The summed E-state index contributed by atoms with van der Waals surface area (Å²) in [6, 6.07) is -0.873. The fraction of sp³-hybridized carbons (Fsp3) is 0.846. The van der Waals surface area contributed by atoms with Gasteiger partial charge in [0, 0.05) is 6.04 Å². The van der Waals surface area contributed by atoms with E-state index in [9.17, 15) is 9.59 Å². The average Bonchev–Trinajstić information content (AvgIpc) is 2.13. The van der Waals surface area contributed by atoms with Crippen molar-refractivity contribution in [2.75, 3.05) is 0 Å². The third-order valence-electron chi connectivity index (χ3n) is 2.25. The number of carboxylic acid groups (broad SMARTS) is 2. The van der Waals surface area contributed by atoms with E-state index >= 15 is 0 Å². The Labute approximate surface area is 115 Å². The van der Waals surface area contributed by atoms with Gasteiger partial charge in [0.05, 0.1) is 6.42 Å². The maximum atomic E-state index is 10.1. The second-order valence-electron chi connectivity index (χ2n) is 5.56.